The lowest BCUT2D eigenvalue weighted by molar-refractivity contribution is -0.141. The third-order valence-corrected chi connectivity index (χ3v) is 3.15. The summed E-state index contributed by atoms with van der Waals surface area (Å²) >= 11 is 0. The Bertz CT molecular complexity index is 380. The van der Waals surface area contributed by atoms with E-state index in [-0.39, 0.29) is 18.1 Å². The molecular formula is C14H19NO3. The van der Waals surface area contributed by atoms with Crippen molar-refractivity contribution >= 4 is 5.97 Å². The van der Waals surface area contributed by atoms with Gasteiger partial charge in [0.25, 0.3) is 0 Å². The van der Waals surface area contributed by atoms with Crippen molar-refractivity contribution in [2.45, 2.75) is 31.6 Å². The summed E-state index contributed by atoms with van der Waals surface area (Å²) in [5, 5.41) is 3.28. The van der Waals surface area contributed by atoms with Crippen LogP contribution in [-0.4, -0.2) is 31.8 Å². The summed E-state index contributed by atoms with van der Waals surface area (Å²) < 4.78 is 10.5. The minimum atomic E-state index is -0.170. The molecule has 98 valence electrons. The topological polar surface area (TPSA) is 47.6 Å². The first-order valence-electron chi connectivity index (χ1n) is 6.23. The van der Waals surface area contributed by atoms with Crippen LogP contribution in [0.4, 0.5) is 0 Å². The van der Waals surface area contributed by atoms with E-state index in [9.17, 15) is 4.79 Å². The molecule has 4 nitrogen and oxygen atoms in total. The fourth-order valence-electron chi connectivity index (χ4n) is 2.14. The monoisotopic (exact) mass is 249 g/mol. The second kappa shape index (κ2) is 6.52. The highest BCUT2D eigenvalue weighted by molar-refractivity contribution is 5.69. The highest BCUT2D eigenvalue weighted by Crippen LogP contribution is 2.15. The number of methoxy groups -OCH3 is 1. The van der Waals surface area contributed by atoms with Gasteiger partial charge in [-0.2, -0.15) is 0 Å². The van der Waals surface area contributed by atoms with E-state index in [4.69, 9.17) is 4.74 Å². The lowest BCUT2D eigenvalue weighted by atomic mass is 10.1. The predicted octanol–water partition coefficient (Wildman–Crippen LogP) is 1.50. The van der Waals surface area contributed by atoms with Crippen LogP contribution in [0.3, 0.4) is 0 Å². The molecule has 18 heavy (non-hydrogen) atoms. The van der Waals surface area contributed by atoms with E-state index in [2.05, 4.69) is 10.1 Å². The average molecular weight is 249 g/mol. The summed E-state index contributed by atoms with van der Waals surface area (Å²) in [5.41, 5.74) is 1.17. The van der Waals surface area contributed by atoms with Crippen LogP contribution in [0, 0.1) is 0 Å². The average Bonchev–Trinajstić information content (AvgIpc) is 2.85. The van der Waals surface area contributed by atoms with E-state index >= 15 is 0 Å². The molecule has 0 aromatic heterocycles. The van der Waals surface area contributed by atoms with Gasteiger partial charge < -0.3 is 14.8 Å². The Morgan fingerprint density at radius 1 is 1.39 bits per heavy atom. The largest absolute Gasteiger partial charge is 0.469 e. The molecule has 0 bridgehead atoms. The Morgan fingerprint density at radius 3 is 2.89 bits per heavy atom. The zero-order valence-corrected chi connectivity index (χ0v) is 10.6. The molecule has 0 spiro atoms. The number of ether oxygens (including phenoxy) is 2. The first kappa shape index (κ1) is 13.1. The van der Waals surface area contributed by atoms with Crippen LogP contribution in [0.2, 0.25) is 0 Å². The molecule has 0 radical (unpaired) electrons. The fourth-order valence-corrected chi connectivity index (χ4v) is 2.14. The molecule has 0 amide bonds. The molecule has 1 aliphatic heterocycles. The van der Waals surface area contributed by atoms with Crippen molar-refractivity contribution in [1.29, 1.82) is 0 Å². The molecule has 1 aliphatic rings. The van der Waals surface area contributed by atoms with E-state index in [0.29, 0.717) is 13.0 Å². The van der Waals surface area contributed by atoms with E-state index < -0.39 is 0 Å². The van der Waals surface area contributed by atoms with Gasteiger partial charge in [0, 0.05) is 12.6 Å². The molecule has 1 aromatic carbocycles. The second-order valence-corrected chi connectivity index (χ2v) is 4.54. The highest BCUT2D eigenvalue weighted by Gasteiger charge is 2.26. The van der Waals surface area contributed by atoms with Gasteiger partial charge in [0.2, 0.25) is 0 Å². The maximum atomic E-state index is 11.2. The summed E-state index contributed by atoms with van der Waals surface area (Å²) in [6.45, 7) is 1.42. The normalized spacial score (nSPS) is 22.9. The van der Waals surface area contributed by atoms with Crippen molar-refractivity contribution in [1.82, 2.24) is 5.32 Å². The van der Waals surface area contributed by atoms with Crippen LogP contribution in [0.5, 0.6) is 0 Å². The molecule has 1 heterocycles. The van der Waals surface area contributed by atoms with Gasteiger partial charge in [0.05, 0.1) is 26.2 Å². The third kappa shape index (κ3) is 3.82. The maximum absolute atomic E-state index is 11.2. The standard InChI is InChI=1S/C14H19NO3/c1-17-14(16)8-12-7-13(9-15-12)18-10-11-5-3-2-4-6-11/h2-6,12-13,15H,7-10H2,1H3. The van der Waals surface area contributed by atoms with Crippen LogP contribution >= 0.6 is 0 Å². The third-order valence-electron chi connectivity index (χ3n) is 3.15. The molecule has 2 unspecified atom stereocenters. The van der Waals surface area contributed by atoms with Crippen molar-refractivity contribution in [3.8, 4) is 0 Å². The lowest BCUT2D eigenvalue weighted by Crippen LogP contribution is -2.25. The van der Waals surface area contributed by atoms with E-state index in [1.54, 1.807) is 0 Å². The molecule has 1 N–H and O–H groups in total. The highest BCUT2D eigenvalue weighted by atomic mass is 16.5. The Balaban J connectivity index is 1.71. The number of carbonyl (C=O) groups is 1. The number of benzene rings is 1. The van der Waals surface area contributed by atoms with Gasteiger partial charge in [-0.15, -0.1) is 0 Å². The smallest absolute Gasteiger partial charge is 0.307 e. The van der Waals surface area contributed by atoms with Crippen molar-refractivity contribution in [3.05, 3.63) is 35.9 Å². The van der Waals surface area contributed by atoms with E-state index in [1.807, 2.05) is 30.3 Å². The van der Waals surface area contributed by atoms with Gasteiger partial charge in [0.1, 0.15) is 0 Å². The predicted molar refractivity (Wildman–Crippen MR) is 68.1 cm³/mol. The molecule has 2 atom stereocenters. The van der Waals surface area contributed by atoms with Gasteiger partial charge in [0.15, 0.2) is 0 Å². The van der Waals surface area contributed by atoms with E-state index in [1.165, 1.54) is 12.7 Å². The quantitative estimate of drug-likeness (QED) is 0.803. The van der Waals surface area contributed by atoms with Crippen LogP contribution in [0.15, 0.2) is 30.3 Å². The Hall–Kier alpha value is -1.39. The number of rotatable bonds is 5. The molecule has 1 saturated heterocycles. The first-order valence-corrected chi connectivity index (χ1v) is 6.23. The number of esters is 1. The Labute approximate surface area is 107 Å². The first-order chi connectivity index (χ1) is 8.78. The summed E-state index contributed by atoms with van der Waals surface area (Å²) in [4.78, 5) is 11.2. The Kier molecular flexibility index (Phi) is 4.73. The number of carbonyl (C=O) groups excluding carboxylic acids is 1. The van der Waals surface area contributed by atoms with Crippen LogP contribution in [0.25, 0.3) is 0 Å². The molecule has 1 fully saturated rings. The van der Waals surface area contributed by atoms with Crippen molar-refractivity contribution in [2.24, 2.45) is 0 Å². The Morgan fingerprint density at radius 2 is 2.17 bits per heavy atom. The van der Waals surface area contributed by atoms with Crippen LogP contribution in [0.1, 0.15) is 18.4 Å². The molecule has 2 rings (SSSR count). The number of hydrogen-bond acceptors (Lipinski definition) is 4. The molecule has 4 heteroatoms. The number of hydrogen-bond donors (Lipinski definition) is 1. The van der Waals surface area contributed by atoms with Crippen LogP contribution < -0.4 is 5.32 Å². The number of nitrogens with one attached hydrogen (secondary N) is 1. The van der Waals surface area contributed by atoms with Crippen LogP contribution in [-0.2, 0) is 20.9 Å². The zero-order valence-electron chi connectivity index (χ0n) is 10.6. The van der Waals surface area contributed by atoms with Gasteiger partial charge in [-0.3, -0.25) is 4.79 Å². The molecule has 0 aliphatic carbocycles. The van der Waals surface area contributed by atoms with Gasteiger partial charge in [-0.1, -0.05) is 30.3 Å². The summed E-state index contributed by atoms with van der Waals surface area (Å²) in [7, 11) is 1.42. The fraction of sp³-hybridized carbons (Fsp3) is 0.500. The van der Waals surface area contributed by atoms with E-state index in [0.717, 1.165) is 13.0 Å². The van der Waals surface area contributed by atoms with Gasteiger partial charge in [-0.25, -0.2) is 0 Å². The zero-order chi connectivity index (χ0) is 12.8. The van der Waals surface area contributed by atoms with Gasteiger partial charge in [-0.05, 0) is 12.0 Å². The summed E-state index contributed by atoms with van der Waals surface area (Å²) in [6.07, 6.45) is 1.46. The van der Waals surface area contributed by atoms with Crippen molar-refractivity contribution < 1.29 is 14.3 Å². The van der Waals surface area contributed by atoms with Crippen molar-refractivity contribution in [3.63, 3.8) is 0 Å². The lowest BCUT2D eigenvalue weighted by Gasteiger charge is -2.11. The summed E-state index contributed by atoms with van der Waals surface area (Å²) in [6, 6.07) is 10.3. The maximum Gasteiger partial charge on any atom is 0.307 e. The second-order valence-electron chi connectivity index (χ2n) is 4.54. The van der Waals surface area contributed by atoms with Gasteiger partial charge >= 0.3 is 5.97 Å². The SMILES string of the molecule is COC(=O)CC1CC(OCc2ccccc2)CN1. The molecule has 1 aromatic rings. The summed E-state index contributed by atoms with van der Waals surface area (Å²) in [5.74, 6) is -0.170. The minimum Gasteiger partial charge on any atom is -0.469 e. The molecular weight excluding hydrogens is 230 g/mol. The molecule has 0 saturated carbocycles. The minimum absolute atomic E-state index is 0.170. The van der Waals surface area contributed by atoms with Crippen molar-refractivity contribution in [2.75, 3.05) is 13.7 Å².